The number of hydrogen-bond donors (Lipinski definition) is 1. The Morgan fingerprint density at radius 3 is 2.43 bits per heavy atom. The molecule has 1 fully saturated rings. The number of benzene rings is 1. The lowest BCUT2D eigenvalue weighted by molar-refractivity contribution is 0.00578. The first kappa shape index (κ1) is 17.8. The molecule has 0 saturated carbocycles. The van der Waals surface area contributed by atoms with Gasteiger partial charge in [-0.2, -0.15) is 5.26 Å². The largest absolute Gasteiger partial charge is 0.497 e. The minimum absolute atomic E-state index is 0.294. The molecule has 0 amide bonds. The Bertz CT molecular complexity index is 657. The van der Waals surface area contributed by atoms with E-state index in [1.807, 2.05) is 33.9 Å². The number of rotatable bonds is 2. The van der Waals surface area contributed by atoms with Crippen LogP contribution in [0.5, 0.6) is 0 Å². The van der Waals surface area contributed by atoms with E-state index >= 15 is 0 Å². The molecule has 1 saturated heterocycles. The molecular formula is C15H19BFN3O2S. The van der Waals surface area contributed by atoms with Gasteiger partial charge in [-0.1, -0.05) is 11.8 Å². The molecule has 0 spiro atoms. The first-order valence-electron chi connectivity index (χ1n) is 7.13. The van der Waals surface area contributed by atoms with Gasteiger partial charge in [-0.15, -0.1) is 0 Å². The summed E-state index contributed by atoms with van der Waals surface area (Å²) in [5.41, 5.74) is -0.280. The Labute approximate surface area is 140 Å². The monoisotopic (exact) mass is 335 g/mol. The number of halogens is 1. The van der Waals surface area contributed by atoms with Gasteiger partial charge in [-0.3, -0.25) is 5.32 Å². The summed E-state index contributed by atoms with van der Waals surface area (Å²) in [4.78, 5) is 4.28. The first-order chi connectivity index (χ1) is 10.7. The van der Waals surface area contributed by atoms with Crippen molar-refractivity contribution in [2.45, 2.75) is 38.9 Å². The van der Waals surface area contributed by atoms with Gasteiger partial charge in [0.1, 0.15) is 5.82 Å². The SMILES string of the molecule is CSC(=Nc1ccc(F)c(B2OC(C)(C)C(C)(C)O2)c1)NC#N. The minimum atomic E-state index is -0.795. The highest BCUT2D eigenvalue weighted by Gasteiger charge is 2.52. The highest BCUT2D eigenvalue weighted by Crippen LogP contribution is 2.36. The van der Waals surface area contributed by atoms with Crippen molar-refractivity contribution in [1.29, 1.82) is 5.26 Å². The fraction of sp³-hybridized carbons (Fsp3) is 0.467. The number of nitrogens with zero attached hydrogens (tertiary/aromatic N) is 2. The van der Waals surface area contributed by atoms with Crippen LogP contribution in [0.15, 0.2) is 23.2 Å². The summed E-state index contributed by atoms with van der Waals surface area (Å²) in [7, 11) is -0.795. The van der Waals surface area contributed by atoms with Gasteiger partial charge in [0.25, 0.3) is 0 Å². The highest BCUT2D eigenvalue weighted by molar-refractivity contribution is 8.13. The number of aliphatic imine (C=N–C) groups is 1. The smallest absolute Gasteiger partial charge is 0.399 e. The second-order valence-electron chi connectivity index (χ2n) is 6.15. The van der Waals surface area contributed by atoms with E-state index in [-0.39, 0.29) is 0 Å². The number of hydrogen-bond acceptors (Lipinski definition) is 5. The number of amidine groups is 1. The molecule has 1 N–H and O–H groups in total. The van der Waals surface area contributed by atoms with Crippen molar-refractivity contribution < 1.29 is 13.7 Å². The average molecular weight is 335 g/mol. The summed E-state index contributed by atoms with van der Waals surface area (Å²) in [6.07, 6.45) is 3.61. The molecule has 1 aromatic carbocycles. The van der Waals surface area contributed by atoms with Gasteiger partial charge < -0.3 is 9.31 Å². The molecule has 0 bridgehead atoms. The molecule has 5 nitrogen and oxygen atoms in total. The van der Waals surface area contributed by atoms with Crippen LogP contribution in [0.4, 0.5) is 10.1 Å². The third-order valence-corrected chi connectivity index (χ3v) is 4.65. The molecule has 1 aliphatic rings. The zero-order valence-electron chi connectivity index (χ0n) is 13.8. The van der Waals surface area contributed by atoms with Crippen LogP contribution in [0.1, 0.15) is 27.7 Å². The molecule has 0 atom stereocenters. The van der Waals surface area contributed by atoms with E-state index in [1.54, 1.807) is 18.4 Å². The van der Waals surface area contributed by atoms with Crippen LogP contribution in [-0.2, 0) is 9.31 Å². The maximum absolute atomic E-state index is 14.2. The molecule has 8 heteroatoms. The van der Waals surface area contributed by atoms with Crippen LogP contribution in [0.25, 0.3) is 0 Å². The van der Waals surface area contributed by atoms with E-state index in [0.717, 1.165) is 0 Å². The topological polar surface area (TPSA) is 66.6 Å². The zero-order chi connectivity index (χ0) is 17.3. The Morgan fingerprint density at radius 2 is 1.91 bits per heavy atom. The Morgan fingerprint density at radius 1 is 1.30 bits per heavy atom. The van der Waals surface area contributed by atoms with Gasteiger partial charge >= 0.3 is 7.12 Å². The van der Waals surface area contributed by atoms with Crippen LogP contribution in [0, 0.1) is 17.3 Å². The van der Waals surface area contributed by atoms with E-state index in [1.165, 1.54) is 17.8 Å². The lowest BCUT2D eigenvalue weighted by Crippen LogP contribution is -2.41. The molecule has 0 aliphatic carbocycles. The van der Waals surface area contributed by atoms with Gasteiger partial charge in [0.05, 0.1) is 16.9 Å². The van der Waals surface area contributed by atoms with Crippen molar-refractivity contribution in [3.05, 3.63) is 24.0 Å². The summed E-state index contributed by atoms with van der Waals surface area (Å²) in [6.45, 7) is 7.65. The number of nitrogens with one attached hydrogen (secondary N) is 1. The van der Waals surface area contributed by atoms with Crippen molar-refractivity contribution in [2.75, 3.05) is 6.26 Å². The molecule has 1 aliphatic heterocycles. The lowest BCUT2D eigenvalue weighted by atomic mass is 9.78. The third-order valence-electron chi connectivity index (χ3n) is 4.07. The summed E-state index contributed by atoms with van der Waals surface area (Å²) in [6, 6.07) is 4.44. The maximum atomic E-state index is 14.2. The minimum Gasteiger partial charge on any atom is -0.399 e. The average Bonchev–Trinajstić information content (AvgIpc) is 2.68. The predicted molar refractivity (Wildman–Crippen MR) is 91.5 cm³/mol. The van der Waals surface area contributed by atoms with Crippen molar-refractivity contribution in [3.8, 4) is 6.19 Å². The van der Waals surface area contributed by atoms with E-state index in [0.29, 0.717) is 16.3 Å². The summed E-state index contributed by atoms with van der Waals surface area (Å²) in [5.74, 6) is -0.415. The summed E-state index contributed by atoms with van der Waals surface area (Å²) >= 11 is 1.29. The van der Waals surface area contributed by atoms with Crippen LogP contribution >= 0.6 is 11.8 Å². The highest BCUT2D eigenvalue weighted by atomic mass is 32.2. The predicted octanol–water partition coefficient (Wildman–Crippen LogP) is 2.55. The normalized spacial score (nSPS) is 19.5. The van der Waals surface area contributed by atoms with Crippen LogP contribution in [-0.4, -0.2) is 29.7 Å². The molecule has 0 aromatic heterocycles. The Hall–Kier alpha value is -1.56. The zero-order valence-corrected chi connectivity index (χ0v) is 14.6. The van der Waals surface area contributed by atoms with Gasteiger partial charge in [0.2, 0.25) is 0 Å². The third kappa shape index (κ3) is 3.69. The fourth-order valence-corrected chi connectivity index (χ4v) is 2.39. The van der Waals surface area contributed by atoms with Crippen molar-refractivity contribution in [2.24, 2.45) is 4.99 Å². The van der Waals surface area contributed by atoms with Crippen molar-refractivity contribution >= 4 is 35.2 Å². The van der Waals surface area contributed by atoms with Gasteiger partial charge in [0, 0.05) is 5.46 Å². The Balaban J connectivity index is 2.35. The number of nitriles is 1. The summed E-state index contributed by atoms with van der Waals surface area (Å²) < 4.78 is 26.0. The fourth-order valence-electron chi connectivity index (χ4n) is 2.04. The van der Waals surface area contributed by atoms with Crippen molar-refractivity contribution in [3.63, 3.8) is 0 Å². The number of thioether (sulfide) groups is 1. The molecule has 2 rings (SSSR count). The molecule has 122 valence electrons. The molecule has 0 unspecified atom stereocenters. The van der Waals surface area contributed by atoms with Crippen LogP contribution < -0.4 is 10.8 Å². The Kier molecular flexibility index (Phi) is 5.04. The van der Waals surface area contributed by atoms with Gasteiger partial charge in [-0.25, -0.2) is 9.38 Å². The quantitative estimate of drug-likeness (QED) is 0.296. The van der Waals surface area contributed by atoms with E-state index in [2.05, 4.69) is 10.3 Å². The molecule has 0 radical (unpaired) electrons. The lowest BCUT2D eigenvalue weighted by Gasteiger charge is -2.32. The van der Waals surface area contributed by atoms with Gasteiger partial charge in [-0.05, 0) is 52.1 Å². The van der Waals surface area contributed by atoms with Crippen LogP contribution in [0.2, 0.25) is 0 Å². The van der Waals surface area contributed by atoms with Gasteiger partial charge in [0.15, 0.2) is 11.4 Å². The van der Waals surface area contributed by atoms with E-state index < -0.39 is 24.1 Å². The van der Waals surface area contributed by atoms with E-state index in [9.17, 15) is 4.39 Å². The van der Waals surface area contributed by atoms with Crippen LogP contribution in [0.3, 0.4) is 0 Å². The molecule has 23 heavy (non-hydrogen) atoms. The maximum Gasteiger partial charge on any atom is 0.497 e. The molecular weight excluding hydrogens is 316 g/mol. The standard InChI is InChI=1S/C15H19BFN3O2S/c1-14(2)15(3,4)22-16(21-14)11-8-10(6-7-12(11)17)20-13(23-5)19-9-18/h6-8H,1-5H3,(H,19,20). The van der Waals surface area contributed by atoms with Crippen molar-refractivity contribution in [1.82, 2.24) is 5.32 Å². The summed E-state index contributed by atoms with van der Waals surface area (Å²) in [5, 5.41) is 11.6. The first-order valence-corrected chi connectivity index (χ1v) is 8.35. The van der Waals surface area contributed by atoms with E-state index in [4.69, 9.17) is 14.6 Å². The molecule has 1 heterocycles. The second-order valence-corrected chi connectivity index (χ2v) is 6.95. The molecule has 1 aromatic rings. The second kappa shape index (κ2) is 6.52.